The molecule has 0 spiro atoms. The summed E-state index contributed by atoms with van der Waals surface area (Å²) in [5.41, 5.74) is 1.96. The van der Waals surface area contributed by atoms with Gasteiger partial charge in [0.05, 0.1) is 12.3 Å². The zero-order chi connectivity index (χ0) is 17.1. The molecule has 3 rings (SSSR count). The van der Waals surface area contributed by atoms with Crippen molar-refractivity contribution in [2.24, 2.45) is 5.92 Å². The number of nitrogens with one attached hydrogen (secondary N) is 1. The van der Waals surface area contributed by atoms with Crippen molar-refractivity contribution in [1.29, 1.82) is 0 Å². The predicted octanol–water partition coefficient (Wildman–Crippen LogP) is 3.13. The van der Waals surface area contributed by atoms with E-state index in [4.69, 9.17) is 4.74 Å². The van der Waals surface area contributed by atoms with Crippen LogP contribution in [0.15, 0.2) is 54.6 Å². The number of esters is 1. The number of carbonyl (C=O) groups is 3. The number of ether oxygens (including phenoxy) is 1. The first kappa shape index (κ1) is 15.9. The predicted molar refractivity (Wildman–Crippen MR) is 88.5 cm³/mol. The molecule has 1 fully saturated rings. The lowest BCUT2D eigenvalue weighted by molar-refractivity contribution is -0.141. The Labute approximate surface area is 139 Å². The number of amides is 1. The largest absolute Gasteiger partial charge is 0.457 e. The Morgan fingerprint density at radius 2 is 1.71 bits per heavy atom. The first-order valence-electron chi connectivity index (χ1n) is 7.71. The van der Waals surface area contributed by atoms with E-state index < -0.39 is 12.0 Å². The topological polar surface area (TPSA) is 72.5 Å². The van der Waals surface area contributed by atoms with Crippen molar-refractivity contribution in [3.05, 3.63) is 65.7 Å². The molecule has 24 heavy (non-hydrogen) atoms. The highest BCUT2D eigenvalue weighted by molar-refractivity contribution is 5.98. The van der Waals surface area contributed by atoms with E-state index in [1.807, 2.05) is 30.3 Å². The minimum absolute atomic E-state index is 0.0354. The van der Waals surface area contributed by atoms with E-state index in [1.54, 1.807) is 24.3 Å². The fourth-order valence-electron chi connectivity index (χ4n) is 2.75. The van der Waals surface area contributed by atoms with E-state index in [0.717, 1.165) is 5.56 Å². The number of cyclic esters (lactones) is 1. The highest BCUT2D eigenvalue weighted by Gasteiger charge is 2.40. The van der Waals surface area contributed by atoms with Crippen LogP contribution in [0.25, 0.3) is 0 Å². The molecule has 1 aliphatic rings. The van der Waals surface area contributed by atoms with Gasteiger partial charge in [-0.3, -0.25) is 14.4 Å². The molecule has 0 radical (unpaired) electrons. The van der Waals surface area contributed by atoms with Crippen molar-refractivity contribution in [3.8, 4) is 0 Å². The second kappa shape index (κ2) is 6.66. The summed E-state index contributed by atoms with van der Waals surface area (Å²) >= 11 is 0. The van der Waals surface area contributed by atoms with Crippen LogP contribution in [0.4, 0.5) is 5.69 Å². The average molecular weight is 323 g/mol. The zero-order valence-corrected chi connectivity index (χ0v) is 13.2. The van der Waals surface area contributed by atoms with E-state index in [0.29, 0.717) is 11.3 Å². The van der Waals surface area contributed by atoms with Crippen LogP contribution in [-0.4, -0.2) is 17.7 Å². The Kier molecular flexibility index (Phi) is 4.42. The van der Waals surface area contributed by atoms with Gasteiger partial charge < -0.3 is 10.1 Å². The molecule has 0 aliphatic carbocycles. The maximum atomic E-state index is 12.6. The summed E-state index contributed by atoms with van der Waals surface area (Å²) in [6.07, 6.45) is -0.521. The first-order chi connectivity index (χ1) is 11.5. The standard InChI is InChI=1S/C19H17NO4/c1-12(21)13-7-9-15(10-8-13)20-19(23)16-11-17(22)24-18(16)14-5-3-2-4-6-14/h2-10,16,18H,11H2,1H3,(H,20,23)/t16-,18+/m1/s1. The molecule has 2 atom stereocenters. The summed E-state index contributed by atoms with van der Waals surface area (Å²) in [7, 11) is 0. The van der Waals surface area contributed by atoms with Crippen LogP contribution in [0.3, 0.4) is 0 Å². The van der Waals surface area contributed by atoms with Crippen molar-refractivity contribution in [2.75, 3.05) is 5.32 Å². The monoisotopic (exact) mass is 323 g/mol. The van der Waals surface area contributed by atoms with Crippen LogP contribution >= 0.6 is 0 Å². The fourth-order valence-corrected chi connectivity index (χ4v) is 2.75. The highest BCUT2D eigenvalue weighted by atomic mass is 16.6. The lowest BCUT2D eigenvalue weighted by Gasteiger charge is -2.17. The molecule has 1 aliphatic heterocycles. The maximum absolute atomic E-state index is 12.6. The van der Waals surface area contributed by atoms with E-state index in [2.05, 4.69) is 5.32 Å². The minimum atomic E-state index is -0.576. The summed E-state index contributed by atoms with van der Waals surface area (Å²) in [6.45, 7) is 1.49. The van der Waals surface area contributed by atoms with Gasteiger partial charge in [0.25, 0.3) is 0 Å². The Morgan fingerprint density at radius 1 is 1.04 bits per heavy atom. The molecular formula is C19H17NO4. The molecule has 0 unspecified atom stereocenters. The van der Waals surface area contributed by atoms with Gasteiger partial charge in [0.15, 0.2) is 5.78 Å². The molecule has 1 amide bonds. The van der Waals surface area contributed by atoms with Gasteiger partial charge in [0.1, 0.15) is 6.10 Å². The summed E-state index contributed by atoms with van der Waals surface area (Å²) in [6, 6.07) is 15.9. The van der Waals surface area contributed by atoms with Crippen LogP contribution < -0.4 is 5.32 Å². The van der Waals surface area contributed by atoms with Crippen LogP contribution in [0.2, 0.25) is 0 Å². The number of ketones is 1. The quantitative estimate of drug-likeness (QED) is 0.693. The molecule has 5 nitrogen and oxygen atoms in total. The third kappa shape index (κ3) is 3.35. The zero-order valence-electron chi connectivity index (χ0n) is 13.2. The Morgan fingerprint density at radius 3 is 2.33 bits per heavy atom. The van der Waals surface area contributed by atoms with Gasteiger partial charge in [-0.05, 0) is 36.8 Å². The average Bonchev–Trinajstić information content (AvgIpc) is 2.98. The molecule has 0 aromatic heterocycles. The Hall–Kier alpha value is -2.95. The molecule has 1 saturated heterocycles. The molecule has 0 saturated carbocycles. The Balaban J connectivity index is 1.75. The molecule has 122 valence electrons. The molecule has 5 heteroatoms. The van der Waals surface area contributed by atoms with Crippen molar-refractivity contribution in [3.63, 3.8) is 0 Å². The van der Waals surface area contributed by atoms with Gasteiger partial charge >= 0.3 is 5.97 Å². The van der Waals surface area contributed by atoms with E-state index in [-0.39, 0.29) is 24.1 Å². The van der Waals surface area contributed by atoms with Crippen molar-refractivity contribution >= 4 is 23.3 Å². The Bertz CT molecular complexity index is 768. The number of hydrogen-bond donors (Lipinski definition) is 1. The summed E-state index contributed by atoms with van der Waals surface area (Å²) in [5, 5.41) is 2.79. The highest BCUT2D eigenvalue weighted by Crippen LogP contribution is 2.36. The molecule has 2 aromatic carbocycles. The second-order valence-electron chi connectivity index (χ2n) is 5.75. The van der Waals surface area contributed by atoms with E-state index >= 15 is 0 Å². The summed E-state index contributed by atoms with van der Waals surface area (Å²) in [4.78, 5) is 35.5. The van der Waals surface area contributed by atoms with Gasteiger partial charge in [-0.25, -0.2) is 0 Å². The van der Waals surface area contributed by atoms with Crippen molar-refractivity contribution in [1.82, 2.24) is 0 Å². The molecule has 2 aromatic rings. The van der Waals surface area contributed by atoms with Gasteiger partial charge in [-0.2, -0.15) is 0 Å². The minimum Gasteiger partial charge on any atom is -0.457 e. The number of hydrogen-bond acceptors (Lipinski definition) is 4. The molecular weight excluding hydrogens is 306 g/mol. The molecule has 0 bridgehead atoms. The van der Waals surface area contributed by atoms with Gasteiger partial charge in [-0.1, -0.05) is 30.3 Å². The van der Waals surface area contributed by atoms with Gasteiger partial charge in [-0.15, -0.1) is 0 Å². The maximum Gasteiger partial charge on any atom is 0.307 e. The van der Waals surface area contributed by atoms with Crippen molar-refractivity contribution in [2.45, 2.75) is 19.4 Å². The summed E-state index contributed by atoms with van der Waals surface area (Å²) in [5.74, 6) is -1.26. The number of anilines is 1. The molecule has 1 N–H and O–H groups in total. The number of carbonyl (C=O) groups excluding carboxylic acids is 3. The smallest absolute Gasteiger partial charge is 0.307 e. The second-order valence-corrected chi connectivity index (χ2v) is 5.75. The number of rotatable bonds is 4. The van der Waals surface area contributed by atoms with Crippen LogP contribution in [0.1, 0.15) is 35.4 Å². The van der Waals surface area contributed by atoms with Crippen LogP contribution in [0.5, 0.6) is 0 Å². The first-order valence-corrected chi connectivity index (χ1v) is 7.71. The van der Waals surface area contributed by atoms with Crippen LogP contribution in [0, 0.1) is 5.92 Å². The van der Waals surface area contributed by atoms with Gasteiger partial charge in [0, 0.05) is 11.3 Å². The third-order valence-corrected chi connectivity index (χ3v) is 4.03. The normalized spacial score (nSPS) is 19.6. The van der Waals surface area contributed by atoms with Crippen molar-refractivity contribution < 1.29 is 19.1 Å². The number of benzene rings is 2. The van der Waals surface area contributed by atoms with Gasteiger partial charge in [0.2, 0.25) is 5.91 Å². The SMILES string of the molecule is CC(=O)c1ccc(NC(=O)[C@@H]2CC(=O)O[C@H]2c2ccccc2)cc1. The third-order valence-electron chi connectivity index (χ3n) is 4.03. The van der Waals surface area contributed by atoms with E-state index in [9.17, 15) is 14.4 Å². The lowest BCUT2D eigenvalue weighted by atomic mass is 9.94. The lowest BCUT2D eigenvalue weighted by Crippen LogP contribution is -2.25. The number of Topliss-reactive ketones (excluding diaryl/α,β-unsaturated/α-hetero) is 1. The summed E-state index contributed by atoms with van der Waals surface area (Å²) < 4.78 is 5.32. The van der Waals surface area contributed by atoms with E-state index in [1.165, 1.54) is 6.92 Å². The fraction of sp³-hybridized carbons (Fsp3) is 0.211. The van der Waals surface area contributed by atoms with Crippen LogP contribution in [-0.2, 0) is 14.3 Å². The molecule has 1 heterocycles.